The number of imidazole rings is 1. The molecule has 1 unspecified atom stereocenters. The van der Waals surface area contributed by atoms with E-state index in [2.05, 4.69) is 16.8 Å². The molecule has 1 N–H and O–H groups in total. The molecule has 0 radical (unpaired) electrons. The summed E-state index contributed by atoms with van der Waals surface area (Å²) in [6, 6.07) is 15.3. The third-order valence-corrected chi connectivity index (χ3v) is 9.48. The van der Waals surface area contributed by atoms with Gasteiger partial charge >= 0.3 is 12.1 Å². The molecule has 5 aromatic rings. The number of methoxy groups -OCH3 is 4. The van der Waals surface area contributed by atoms with Crippen LogP contribution in [-0.4, -0.2) is 107 Å². The molecular weight excluding hydrogens is 771 g/mol. The highest BCUT2D eigenvalue weighted by Crippen LogP contribution is 2.33. The molecular formula is C44H59N7O9. The number of hydrogen-bond acceptors (Lipinski definition) is 14. The molecule has 16 nitrogen and oxygen atoms in total. The van der Waals surface area contributed by atoms with E-state index >= 15 is 0 Å². The number of likely N-dealkylation sites (N-methyl/N-ethyl adjacent to an activating group) is 1. The predicted octanol–water partition coefficient (Wildman–Crippen LogP) is 6.92. The summed E-state index contributed by atoms with van der Waals surface area (Å²) in [7, 11) is 8.15. The van der Waals surface area contributed by atoms with Crippen molar-refractivity contribution in [3.8, 4) is 34.9 Å². The fourth-order valence-electron chi connectivity index (χ4n) is 6.57. The Labute approximate surface area is 352 Å². The van der Waals surface area contributed by atoms with Crippen molar-refractivity contribution >= 4 is 17.6 Å². The summed E-state index contributed by atoms with van der Waals surface area (Å²) in [4.78, 5) is 30.5. The first-order chi connectivity index (χ1) is 28.8. The highest BCUT2D eigenvalue weighted by molar-refractivity contribution is 5.68. The number of benzene rings is 2. The molecule has 0 saturated carbocycles. The van der Waals surface area contributed by atoms with E-state index in [4.69, 9.17) is 48.2 Å². The Kier molecular flexibility index (Phi) is 15.6. The summed E-state index contributed by atoms with van der Waals surface area (Å²) in [5.74, 6) is 3.54. The largest absolute Gasteiger partial charge is 0.497 e. The summed E-state index contributed by atoms with van der Waals surface area (Å²) >= 11 is 0. The quantitative estimate of drug-likeness (QED) is 0.0811. The molecule has 3 heterocycles. The van der Waals surface area contributed by atoms with E-state index in [0.29, 0.717) is 79.2 Å². The Hall–Kier alpha value is -6.03. The number of amides is 1. The van der Waals surface area contributed by atoms with Crippen LogP contribution in [0.5, 0.6) is 34.9 Å². The maximum absolute atomic E-state index is 12.5. The van der Waals surface area contributed by atoms with Gasteiger partial charge in [0.1, 0.15) is 40.8 Å². The second-order valence-corrected chi connectivity index (χ2v) is 15.4. The second kappa shape index (κ2) is 20.8. The molecule has 1 amide bonds. The van der Waals surface area contributed by atoms with Crippen LogP contribution in [-0.2, 0) is 24.2 Å². The zero-order chi connectivity index (χ0) is 43.4. The van der Waals surface area contributed by atoms with Gasteiger partial charge in [0.15, 0.2) is 11.5 Å². The van der Waals surface area contributed by atoms with Crippen molar-refractivity contribution in [1.29, 1.82) is 0 Å². The first kappa shape index (κ1) is 45.1. The summed E-state index contributed by atoms with van der Waals surface area (Å²) in [6.45, 7) is 10.4. The lowest BCUT2D eigenvalue weighted by molar-refractivity contribution is 0.0235. The van der Waals surface area contributed by atoms with E-state index in [-0.39, 0.29) is 24.8 Å². The van der Waals surface area contributed by atoms with E-state index in [1.54, 1.807) is 58.5 Å². The van der Waals surface area contributed by atoms with Gasteiger partial charge in [-0.15, -0.1) is 5.10 Å². The SMILES string of the molecule is CCC[C@H](CCO)Oc1nc(N(Cc2ccc(OC)cc2OC)Cc2ccc(OC)cc2OC)c2ncc(Cc3ccc(OC(C)CN(C)C(=O)OC(C)(C)C)nc3)n2n1. The molecule has 0 bridgehead atoms. The number of aromatic nitrogens is 5. The average molecular weight is 830 g/mol. The first-order valence-electron chi connectivity index (χ1n) is 20.0. The summed E-state index contributed by atoms with van der Waals surface area (Å²) in [5.41, 5.74) is 3.31. The fourth-order valence-corrected chi connectivity index (χ4v) is 6.57. The third kappa shape index (κ3) is 12.0. The van der Waals surface area contributed by atoms with Crippen LogP contribution in [0.15, 0.2) is 60.9 Å². The number of anilines is 1. The summed E-state index contributed by atoms with van der Waals surface area (Å²) < 4.78 is 42.3. The molecule has 3 aromatic heterocycles. The lowest BCUT2D eigenvalue weighted by atomic mass is 10.1. The van der Waals surface area contributed by atoms with Gasteiger partial charge in [0.05, 0.1) is 46.9 Å². The molecule has 0 aliphatic rings. The minimum absolute atomic E-state index is 0.0390. The van der Waals surface area contributed by atoms with Gasteiger partial charge in [-0.1, -0.05) is 19.4 Å². The van der Waals surface area contributed by atoms with E-state index < -0.39 is 11.7 Å². The van der Waals surface area contributed by atoms with Gasteiger partial charge in [-0.05, 0) is 63.9 Å². The van der Waals surface area contributed by atoms with Gasteiger partial charge in [0.25, 0.3) is 0 Å². The highest BCUT2D eigenvalue weighted by Gasteiger charge is 2.25. The Morgan fingerprint density at radius 2 is 1.50 bits per heavy atom. The zero-order valence-electron chi connectivity index (χ0n) is 36.4. The normalized spacial score (nSPS) is 12.4. The van der Waals surface area contributed by atoms with E-state index in [1.165, 1.54) is 4.90 Å². The molecule has 16 heteroatoms. The third-order valence-electron chi connectivity index (χ3n) is 9.48. The number of carbonyl (C=O) groups is 1. The number of carbonyl (C=O) groups excluding carboxylic acids is 1. The molecule has 0 aliphatic heterocycles. The number of ether oxygens (including phenoxy) is 7. The predicted molar refractivity (Wildman–Crippen MR) is 227 cm³/mol. The van der Waals surface area contributed by atoms with Gasteiger partial charge in [0, 0.05) is 75.1 Å². The topological polar surface area (TPSA) is 164 Å². The van der Waals surface area contributed by atoms with Crippen molar-refractivity contribution in [3.63, 3.8) is 0 Å². The minimum Gasteiger partial charge on any atom is -0.497 e. The smallest absolute Gasteiger partial charge is 0.410 e. The number of hydrogen-bond donors (Lipinski definition) is 1. The first-order valence-corrected chi connectivity index (χ1v) is 20.0. The van der Waals surface area contributed by atoms with E-state index in [0.717, 1.165) is 28.8 Å². The highest BCUT2D eigenvalue weighted by atomic mass is 16.6. The Morgan fingerprint density at radius 3 is 2.03 bits per heavy atom. The number of pyridine rings is 1. The molecule has 0 spiro atoms. The maximum Gasteiger partial charge on any atom is 0.410 e. The Morgan fingerprint density at radius 1 is 0.850 bits per heavy atom. The van der Waals surface area contributed by atoms with Crippen LogP contribution in [0.1, 0.15) is 76.3 Å². The molecule has 324 valence electrons. The maximum atomic E-state index is 12.5. The van der Waals surface area contributed by atoms with Crippen molar-refractivity contribution in [2.75, 3.05) is 53.5 Å². The van der Waals surface area contributed by atoms with Gasteiger partial charge in [-0.25, -0.2) is 19.3 Å². The molecule has 2 aromatic carbocycles. The lowest BCUT2D eigenvalue weighted by Gasteiger charge is -2.27. The molecule has 60 heavy (non-hydrogen) atoms. The fraction of sp³-hybridized carbons (Fsp3) is 0.477. The van der Waals surface area contributed by atoms with Gasteiger partial charge in [0.2, 0.25) is 5.88 Å². The van der Waals surface area contributed by atoms with E-state index in [9.17, 15) is 9.90 Å². The van der Waals surface area contributed by atoms with Gasteiger partial charge < -0.3 is 48.1 Å². The average Bonchev–Trinajstić information content (AvgIpc) is 3.62. The number of rotatable bonds is 21. The van der Waals surface area contributed by atoms with Crippen LogP contribution in [0.4, 0.5) is 10.6 Å². The molecule has 0 fully saturated rings. The number of nitrogens with zero attached hydrogens (tertiary/aromatic N) is 7. The van der Waals surface area contributed by atoms with Gasteiger partial charge in [-0.3, -0.25) is 0 Å². The zero-order valence-corrected chi connectivity index (χ0v) is 36.4. The van der Waals surface area contributed by atoms with Crippen LogP contribution in [0, 0.1) is 0 Å². The number of aliphatic hydroxyl groups is 1. The standard InChI is InChI=1S/C44H59N7O9/c1-11-12-34(19-20-52)59-42-47-41(50(27-31-14-16-35(54-7)22-37(31)56-9)28-32-15-17-36(55-8)23-38(32)57-10)40-46-25-33(51(40)48-42)21-30-13-18-39(45-24-30)58-29(2)26-49(6)43(53)60-44(3,4)5/h13-18,22-25,29,34,52H,11-12,19-21,26-28H2,1-10H3/t29?,34-/m1/s1. The van der Waals surface area contributed by atoms with Crippen LogP contribution < -0.4 is 33.3 Å². The monoisotopic (exact) mass is 829 g/mol. The van der Waals surface area contributed by atoms with Crippen LogP contribution in [0.3, 0.4) is 0 Å². The molecule has 2 atom stereocenters. The summed E-state index contributed by atoms with van der Waals surface area (Å²) in [6.07, 6.45) is 4.85. The van der Waals surface area contributed by atoms with Crippen molar-refractivity contribution in [2.45, 2.75) is 91.2 Å². The second-order valence-electron chi connectivity index (χ2n) is 15.4. The summed E-state index contributed by atoms with van der Waals surface area (Å²) in [5, 5.41) is 14.7. The minimum atomic E-state index is -0.594. The van der Waals surface area contributed by atoms with Crippen LogP contribution >= 0.6 is 0 Å². The van der Waals surface area contributed by atoms with Gasteiger partial charge in [-0.2, -0.15) is 4.98 Å². The van der Waals surface area contributed by atoms with Crippen molar-refractivity contribution in [1.82, 2.24) is 29.5 Å². The molecule has 5 rings (SSSR count). The number of aliphatic hydroxyl groups excluding tert-OH is 1. The Balaban J connectivity index is 1.52. The lowest BCUT2D eigenvalue weighted by Crippen LogP contribution is -2.39. The van der Waals surface area contributed by atoms with Crippen molar-refractivity contribution in [2.24, 2.45) is 0 Å². The molecule has 0 saturated heterocycles. The van der Waals surface area contributed by atoms with E-state index in [1.807, 2.05) is 70.2 Å². The van der Waals surface area contributed by atoms with Crippen molar-refractivity contribution < 1.29 is 43.1 Å². The molecule has 0 aliphatic carbocycles. The van der Waals surface area contributed by atoms with Crippen LogP contribution in [0.25, 0.3) is 5.65 Å². The Bertz CT molecular complexity index is 2090. The van der Waals surface area contributed by atoms with Crippen LogP contribution in [0.2, 0.25) is 0 Å². The number of fused-ring (bicyclic) bond motifs is 1. The van der Waals surface area contributed by atoms with Crippen molar-refractivity contribution in [3.05, 3.63) is 83.3 Å².